The standard InChI is InChI=1S/C19H21N3O2/c1-21(10-11-24-16-7-3-2-4-8-16)15-12-14-6-5-9-17-18(14)22(13-15)19(23)20-17/h2-9,15H,10-13H2,1H3,(H,20,23)/t15-/m0/s1. The van der Waals surface area contributed by atoms with Crippen LogP contribution in [0.1, 0.15) is 5.56 Å². The van der Waals surface area contributed by atoms with Crippen molar-refractivity contribution in [3.63, 3.8) is 0 Å². The molecule has 0 unspecified atom stereocenters. The predicted octanol–water partition coefficient (Wildman–Crippen LogP) is 2.27. The number of para-hydroxylation sites is 2. The molecule has 1 N–H and O–H groups in total. The Balaban J connectivity index is 1.44. The summed E-state index contributed by atoms with van der Waals surface area (Å²) in [5.74, 6) is 0.892. The summed E-state index contributed by atoms with van der Waals surface area (Å²) in [5, 5.41) is 0. The smallest absolute Gasteiger partial charge is 0.326 e. The normalized spacial score (nSPS) is 16.7. The first kappa shape index (κ1) is 15.0. The maximum Gasteiger partial charge on any atom is 0.326 e. The van der Waals surface area contributed by atoms with Gasteiger partial charge in [-0.1, -0.05) is 30.3 Å². The SMILES string of the molecule is CN(CCOc1ccccc1)[C@H]1Cc2cccc3[nH]c(=O)n(c23)C1. The van der Waals surface area contributed by atoms with E-state index in [9.17, 15) is 4.79 Å². The van der Waals surface area contributed by atoms with E-state index in [2.05, 4.69) is 23.0 Å². The number of rotatable bonds is 5. The van der Waals surface area contributed by atoms with Crippen molar-refractivity contribution in [3.05, 3.63) is 64.6 Å². The number of hydrogen-bond acceptors (Lipinski definition) is 3. The van der Waals surface area contributed by atoms with Gasteiger partial charge in [0.15, 0.2) is 0 Å². The van der Waals surface area contributed by atoms with Crippen molar-refractivity contribution < 1.29 is 4.74 Å². The fourth-order valence-corrected chi connectivity index (χ4v) is 3.47. The van der Waals surface area contributed by atoms with Crippen LogP contribution in [0.15, 0.2) is 53.3 Å². The zero-order chi connectivity index (χ0) is 16.5. The highest BCUT2D eigenvalue weighted by atomic mass is 16.5. The molecule has 1 aromatic heterocycles. The summed E-state index contributed by atoms with van der Waals surface area (Å²) in [4.78, 5) is 17.4. The number of nitrogens with zero attached hydrogens (tertiary/aromatic N) is 2. The number of H-pyrrole nitrogens is 1. The van der Waals surface area contributed by atoms with E-state index in [1.54, 1.807) is 0 Å². The van der Waals surface area contributed by atoms with Gasteiger partial charge in [-0.25, -0.2) is 4.79 Å². The van der Waals surface area contributed by atoms with E-state index in [-0.39, 0.29) is 5.69 Å². The van der Waals surface area contributed by atoms with Gasteiger partial charge >= 0.3 is 5.69 Å². The molecule has 2 aromatic carbocycles. The summed E-state index contributed by atoms with van der Waals surface area (Å²) in [6.07, 6.45) is 0.955. The van der Waals surface area contributed by atoms with Gasteiger partial charge in [0.05, 0.1) is 11.0 Å². The molecule has 5 heteroatoms. The monoisotopic (exact) mass is 323 g/mol. The zero-order valence-electron chi connectivity index (χ0n) is 13.7. The number of hydrogen-bond donors (Lipinski definition) is 1. The molecule has 0 spiro atoms. The van der Waals surface area contributed by atoms with Gasteiger partial charge in [-0.05, 0) is 37.2 Å². The van der Waals surface area contributed by atoms with Gasteiger partial charge in [0.2, 0.25) is 0 Å². The van der Waals surface area contributed by atoms with Crippen LogP contribution in [0.2, 0.25) is 0 Å². The van der Waals surface area contributed by atoms with Crippen molar-refractivity contribution in [1.29, 1.82) is 0 Å². The Labute approximate surface area is 140 Å². The molecule has 0 radical (unpaired) electrons. The van der Waals surface area contributed by atoms with Gasteiger partial charge in [-0.3, -0.25) is 9.47 Å². The molecule has 2 heterocycles. The minimum atomic E-state index is -0.0175. The number of imidazole rings is 1. The van der Waals surface area contributed by atoms with Gasteiger partial charge in [-0.2, -0.15) is 0 Å². The molecule has 1 atom stereocenters. The molecule has 24 heavy (non-hydrogen) atoms. The molecular weight excluding hydrogens is 302 g/mol. The van der Waals surface area contributed by atoms with Gasteiger partial charge in [-0.15, -0.1) is 0 Å². The molecule has 4 rings (SSSR count). The van der Waals surface area contributed by atoms with E-state index < -0.39 is 0 Å². The Kier molecular flexibility index (Phi) is 3.86. The molecule has 0 bridgehead atoms. The second-order valence-electron chi connectivity index (χ2n) is 6.35. The summed E-state index contributed by atoms with van der Waals surface area (Å²) in [5.41, 5.74) is 3.22. The third-order valence-electron chi connectivity index (χ3n) is 4.80. The van der Waals surface area contributed by atoms with Crippen molar-refractivity contribution in [2.45, 2.75) is 19.0 Å². The molecule has 5 nitrogen and oxygen atoms in total. The van der Waals surface area contributed by atoms with Crippen LogP contribution in [0.5, 0.6) is 5.75 Å². The molecule has 0 aliphatic carbocycles. The number of aromatic amines is 1. The fraction of sp³-hybridized carbons (Fsp3) is 0.316. The maximum atomic E-state index is 12.2. The van der Waals surface area contributed by atoms with E-state index in [1.165, 1.54) is 5.56 Å². The second-order valence-corrected chi connectivity index (χ2v) is 6.35. The Morgan fingerprint density at radius 3 is 2.88 bits per heavy atom. The Bertz CT molecular complexity index is 898. The van der Waals surface area contributed by atoms with Gasteiger partial charge in [0.25, 0.3) is 0 Å². The van der Waals surface area contributed by atoms with Crippen molar-refractivity contribution in [2.75, 3.05) is 20.2 Å². The number of ether oxygens (including phenoxy) is 1. The highest BCUT2D eigenvalue weighted by Gasteiger charge is 2.25. The van der Waals surface area contributed by atoms with E-state index >= 15 is 0 Å². The third-order valence-corrected chi connectivity index (χ3v) is 4.80. The minimum absolute atomic E-state index is 0.0175. The van der Waals surface area contributed by atoms with Crippen molar-refractivity contribution in [1.82, 2.24) is 14.5 Å². The summed E-state index contributed by atoms with van der Waals surface area (Å²) >= 11 is 0. The molecule has 1 aliphatic rings. The third kappa shape index (κ3) is 2.71. The van der Waals surface area contributed by atoms with E-state index in [1.807, 2.05) is 47.0 Å². The van der Waals surface area contributed by atoms with Crippen molar-refractivity contribution in [2.24, 2.45) is 0 Å². The van der Waals surface area contributed by atoms with Crippen LogP contribution in [-0.4, -0.2) is 40.7 Å². The van der Waals surface area contributed by atoms with Crippen LogP contribution in [0.25, 0.3) is 11.0 Å². The summed E-state index contributed by atoms with van der Waals surface area (Å²) in [6.45, 7) is 2.18. The van der Waals surface area contributed by atoms with E-state index in [4.69, 9.17) is 4.74 Å². The molecule has 0 saturated carbocycles. The Hall–Kier alpha value is -2.53. The Morgan fingerprint density at radius 1 is 1.21 bits per heavy atom. The molecule has 124 valence electrons. The number of nitrogens with one attached hydrogen (secondary N) is 1. The maximum absolute atomic E-state index is 12.2. The molecule has 1 aliphatic heterocycles. The van der Waals surface area contributed by atoms with Gasteiger partial charge in [0, 0.05) is 19.1 Å². The number of aromatic nitrogens is 2. The van der Waals surface area contributed by atoms with Crippen LogP contribution in [0, 0.1) is 0 Å². The van der Waals surface area contributed by atoms with Crippen molar-refractivity contribution in [3.8, 4) is 5.75 Å². The molecule has 0 amide bonds. The lowest BCUT2D eigenvalue weighted by molar-refractivity contribution is 0.173. The fourth-order valence-electron chi connectivity index (χ4n) is 3.47. The molecule has 3 aromatic rings. The number of likely N-dealkylation sites (N-methyl/N-ethyl adjacent to an activating group) is 1. The lowest BCUT2D eigenvalue weighted by Gasteiger charge is -2.31. The van der Waals surface area contributed by atoms with Gasteiger partial charge < -0.3 is 9.72 Å². The summed E-state index contributed by atoms with van der Waals surface area (Å²) in [6, 6.07) is 16.3. The molecular formula is C19H21N3O2. The van der Waals surface area contributed by atoms with Crippen LogP contribution >= 0.6 is 0 Å². The lowest BCUT2D eigenvalue weighted by Crippen LogP contribution is -2.43. The predicted molar refractivity (Wildman–Crippen MR) is 94.6 cm³/mol. The summed E-state index contributed by atoms with van der Waals surface area (Å²) < 4.78 is 7.66. The zero-order valence-corrected chi connectivity index (χ0v) is 13.7. The van der Waals surface area contributed by atoms with Crippen LogP contribution in [0.4, 0.5) is 0 Å². The number of benzene rings is 2. The van der Waals surface area contributed by atoms with Crippen LogP contribution in [-0.2, 0) is 13.0 Å². The van der Waals surface area contributed by atoms with E-state index in [0.717, 1.165) is 36.3 Å². The minimum Gasteiger partial charge on any atom is -0.492 e. The van der Waals surface area contributed by atoms with Crippen LogP contribution < -0.4 is 10.4 Å². The highest BCUT2D eigenvalue weighted by Crippen LogP contribution is 2.24. The average Bonchev–Trinajstić information content (AvgIpc) is 2.93. The second kappa shape index (κ2) is 6.17. The largest absolute Gasteiger partial charge is 0.492 e. The lowest BCUT2D eigenvalue weighted by atomic mass is 9.99. The summed E-state index contributed by atoms with van der Waals surface area (Å²) in [7, 11) is 2.10. The first-order valence-electron chi connectivity index (χ1n) is 8.31. The quantitative estimate of drug-likeness (QED) is 0.783. The van der Waals surface area contributed by atoms with E-state index in [0.29, 0.717) is 12.6 Å². The first-order valence-corrected chi connectivity index (χ1v) is 8.31. The molecule has 0 saturated heterocycles. The van der Waals surface area contributed by atoms with Gasteiger partial charge in [0.1, 0.15) is 12.4 Å². The highest BCUT2D eigenvalue weighted by molar-refractivity contribution is 5.79. The Morgan fingerprint density at radius 2 is 2.04 bits per heavy atom. The van der Waals surface area contributed by atoms with Crippen LogP contribution in [0.3, 0.4) is 0 Å². The average molecular weight is 323 g/mol. The first-order chi connectivity index (χ1) is 11.7. The van der Waals surface area contributed by atoms with Crippen molar-refractivity contribution >= 4 is 11.0 Å². The topological polar surface area (TPSA) is 50.3 Å². The molecule has 0 fully saturated rings.